The number of amides is 1. The fraction of sp³-hybridized carbons (Fsp3) is 0.909. The molecule has 1 unspecified atom stereocenters. The molecule has 0 aromatic rings. The van der Waals surface area contributed by atoms with Gasteiger partial charge in [-0.25, -0.2) is 0 Å². The first-order valence-electron chi connectivity index (χ1n) is 6.73. The molecule has 0 bridgehead atoms. The molecule has 7 nitrogen and oxygen atoms in total. The minimum atomic E-state index is -3.41. The molecule has 19 heavy (non-hydrogen) atoms. The summed E-state index contributed by atoms with van der Waals surface area (Å²) in [5.74, 6) is -0.295. The number of rotatable bonds is 3. The molecule has 110 valence electrons. The van der Waals surface area contributed by atoms with Gasteiger partial charge in [-0.1, -0.05) is 0 Å². The van der Waals surface area contributed by atoms with E-state index in [0.717, 1.165) is 12.8 Å². The van der Waals surface area contributed by atoms with Crippen LogP contribution in [0, 0.1) is 5.92 Å². The van der Waals surface area contributed by atoms with Crippen LogP contribution in [-0.2, 0) is 15.0 Å². The lowest BCUT2D eigenvalue weighted by atomic mass is 9.99. The highest BCUT2D eigenvalue weighted by molar-refractivity contribution is 7.86. The van der Waals surface area contributed by atoms with Crippen LogP contribution in [-0.4, -0.2) is 69.3 Å². The van der Waals surface area contributed by atoms with E-state index in [-0.39, 0.29) is 11.8 Å². The molecule has 2 fully saturated rings. The Bertz CT molecular complexity index is 420. The van der Waals surface area contributed by atoms with E-state index in [1.165, 1.54) is 8.61 Å². The Morgan fingerprint density at radius 2 is 1.89 bits per heavy atom. The number of hydrogen-bond donors (Lipinski definition) is 2. The van der Waals surface area contributed by atoms with Gasteiger partial charge in [0, 0.05) is 46.3 Å². The Morgan fingerprint density at radius 3 is 2.53 bits per heavy atom. The van der Waals surface area contributed by atoms with Crippen LogP contribution in [0.4, 0.5) is 0 Å². The van der Waals surface area contributed by atoms with Crippen LogP contribution in [0.1, 0.15) is 12.8 Å². The zero-order chi connectivity index (χ0) is 13.9. The molecular formula is C11H22N4O3S. The van der Waals surface area contributed by atoms with Crippen molar-refractivity contribution < 1.29 is 13.2 Å². The molecule has 1 amide bonds. The minimum absolute atomic E-state index is 0.0692. The van der Waals surface area contributed by atoms with Crippen molar-refractivity contribution in [3.8, 4) is 0 Å². The summed E-state index contributed by atoms with van der Waals surface area (Å²) in [6, 6.07) is 0. The van der Waals surface area contributed by atoms with Gasteiger partial charge in [-0.3, -0.25) is 4.79 Å². The summed E-state index contributed by atoms with van der Waals surface area (Å²) in [4.78, 5) is 11.7. The fourth-order valence-corrected chi connectivity index (χ4v) is 4.31. The van der Waals surface area contributed by atoms with Crippen LogP contribution in [0.15, 0.2) is 0 Å². The molecule has 0 radical (unpaired) electrons. The highest BCUT2D eigenvalue weighted by atomic mass is 32.2. The van der Waals surface area contributed by atoms with Crippen LogP contribution in [0.2, 0.25) is 0 Å². The van der Waals surface area contributed by atoms with Gasteiger partial charge in [0.15, 0.2) is 0 Å². The van der Waals surface area contributed by atoms with E-state index in [9.17, 15) is 13.2 Å². The Hall–Kier alpha value is -0.700. The quantitative estimate of drug-likeness (QED) is 0.669. The van der Waals surface area contributed by atoms with Crippen LogP contribution >= 0.6 is 0 Å². The molecular weight excluding hydrogens is 268 g/mol. The van der Waals surface area contributed by atoms with Gasteiger partial charge < -0.3 is 10.6 Å². The van der Waals surface area contributed by atoms with Crippen molar-refractivity contribution in [3.63, 3.8) is 0 Å². The molecule has 2 saturated heterocycles. The van der Waals surface area contributed by atoms with Crippen LogP contribution in [0.3, 0.4) is 0 Å². The van der Waals surface area contributed by atoms with Gasteiger partial charge in [0.2, 0.25) is 5.91 Å². The Morgan fingerprint density at radius 1 is 1.21 bits per heavy atom. The second-order valence-corrected chi connectivity index (χ2v) is 6.90. The number of hydrogen-bond acceptors (Lipinski definition) is 4. The molecule has 2 heterocycles. The lowest BCUT2D eigenvalue weighted by Gasteiger charge is -2.36. The summed E-state index contributed by atoms with van der Waals surface area (Å²) >= 11 is 0. The number of piperazine rings is 1. The third-order valence-corrected chi connectivity index (χ3v) is 5.73. The van der Waals surface area contributed by atoms with Gasteiger partial charge >= 0.3 is 0 Å². The molecule has 0 aromatic heterocycles. The van der Waals surface area contributed by atoms with Gasteiger partial charge in [-0.15, -0.1) is 0 Å². The van der Waals surface area contributed by atoms with Crippen molar-refractivity contribution in [1.82, 2.24) is 19.2 Å². The first kappa shape index (κ1) is 14.7. The lowest BCUT2D eigenvalue weighted by molar-refractivity contribution is -0.125. The summed E-state index contributed by atoms with van der Waals surface area (Å²) < 4.78 is 27.9. The smallest absolute Gasteiger partial charge is 0.282 e. The van der Waals surface area contributed by atoms with Gasteiger partial charge in [-0.05, 0) is 12.8 Å². The van der Waals surface area contributed by atoms with Crippen molar-refractivity contribution in [2.24, 2.45) is 5.92 Å². The Kier molecular flexibility index (Phi) is 4.77. The lowest BCUT2D eigenvalue weighted by Crippen LogP contribution is -2.54. The molecule has 8 heteroatoms. The zero-order valence-electron chi connectivity index (χ0n) is 11.3. The second-order valence-electron chi connectivity index (χ2n) is 4.97. The first-order chi connectivity index (χ1) is 9.05. The van der Waals surface area contributed by atoms with Crippen molar-refractivity contribution in [2.45, 2.75) is 12.8 Å². The summed E-state index contributed by atoms with van der Waals surface area (Å²) in [6.45, 7) is 3.19. The predicted molar refractivity (Wildman–Crippen MR) is 71.7 cm³/mol. The topological polar surface area (TPSA) is 81.8 Å². The van der Waals surface area contributed by atoms with Crippen molar-refractivity contribution in [1.29, 1.82) is 0 Å². The molecule has 0 aromatic carbocycles. The maximum Gasteiger partial charge on any atom is 0.282 e. The average molecular weight is 290 g/mol. The van der Waals surface area contributed by atoms with E-state index >= 15 is 0 Å². The first-order valence-corrected chi connectivity index (χ1v) is 8.13. The van der Waals surface area contributed by atoms with Crippen molar-refractivity contribution >= 4 is 16.1 Å². The number of piperidine rings is 1. The molecule has 1 atom stereocenters. The van der Waals surface area contributed by atoms with Gasteiger partial charge in [0.1, 0.15) is 0 Å². The Balaban J connectivity index is 2.05. The van der Waals surface area contributed by atoms with E-state index in [1.807, 2.05) is 0 Å². The maximum absolute atomic E-state index is 12.5. The molecule has 2 rings (SSSR count). The standard InChI is InChI=1S/C11H22N4O3S/c1-12-11(16)10-3-2-6-15(9-10)19(17,18)14-7-4-13-5-8-14/h10,13H,2-9H2,1H3,(H,12,16). The van der Waals surface area contributed by atoms with Gasteiger partial charge in [0.05, 0.1) is 5.92 Å². The van der Waals surface area contributed by atoms with Crippen LogP contribution < -0.4 is 10.6 Å². The van der Waals surface area contributed by atoms with E-state index in [2.05, 4.69) is 10.6 Å². The Labute approximate surface area is 114 Å². The maximum atomic E-state index is 12.5. The normalized spacial score (nSPS) is 27.1. The third kappa shape index (κ3) is 3.25. The minimum Gasteiger partial charge on any atom is -0.359 e. The molecule has 2 aliphatic rings. The highest BCUT2D eigenvalue weighted by Crippen LogP contribution is 2.21. The van der Waals surface area contributed by atoms with E-state index in [0.29, 0.717) is 39.3 Å². The van der Waals surface area contributed by atoms with Crippen molar-refractivity contribution in [2.75, 3.05) is 46.3 Å². The number of carbonyl (C=O) groups is 1. The highest BCUT2D eigenvalue weighted by Gasteiger charge is 2.35. The summed E-state index contributed by atoms with van der Waals surface area (Å²) in [5.41, 5.74) is 0. The monoisotopic (exact) mass is 290 g/mol. The molecule has 2 N–H and O–H groups in total. The van der Waals surface area contributed by atoms with E-state index in [1.54, 1.807) is 7.05 Å². The molecule has 2 aliphatic heterocycles. The van der Waals surface area contributed by atoms with Gasteiger partial charge in [-0.2, -0.15) is 17.0 Å². The molecule has 0 spiro atoms. The molecule has 0 aliphatic carbocycles. The SMILES string of the molecule is CNC(=O)C1CCCN(S(=O)(=O)N2CCNCC2)C1. The molecule has 0 saturated carbocycles. The second kappa shape index (κ2) is 6.17. The van der Waals surface area contributed by atoms with E-state index < -0.39 is 10.2 Å². The summed E-state index contributed by atoms with van der Waals surface area (Å²) in [5, 5.41) is 5.74. The fourth-order valence-electron chi connectivity index (χ4n) is 2.61. The van der Waals surface area contributed by atoms with Crippen LogP contribution in [0.25, 0.3) is 0 Å². The summed E-state index contributed by atoms with van der Waals surface area (Å²) in [6.07, 6.45) is 1.50. The van der Waals surface area contributed by atoms with E-state index in [4.69, 9.17) is 0 Å². The summed E-state index contributed by atoms with van der Waals surface area (Å²) in [7, 11) is -1.82. The third-order valence-electron chi connectivity index (χ3n) is 3.73. The van der Waals surface area contributed by atoms with Crippen LogP contribution in [0.5, 0.6) is 0 Å². The predicted octanol–water partition coefficient (Wildman–Crippen LogP) is -1.41. The zero-order valence-corrected chi connectivity index (χ0v) is 12.1. The largest absolute Gasteiger partial charge is 0.359 e. The van der Waals surface area contributed by atoms with Crippen molar-refractivity contribution in [3.05, 3.63) is 0 Å². The van der Waals surface area contributed by atoms with Gasteiger partial charge in [0.25, 0.3) is 10.2 Å². The number of carbonyl (C=O) groups excluding carboxylic acids is 1. The number of nitrogens with one attached hydrogen (secondary N) is 2. The average Bonchev–Trinajstić information content (AvgIpc) is 2.47. The number of nitrogens with zero attached hydrogens (tertiary/aromatic N) is 2.